The van der Waals surface area contributed by atoms with Crippen molar-refractivity contribution in [1.29, 1.82) is 0 Å². The van der Waals surface area contributed by atoms with Crippen molar-refractivity contribution in [3.8, 4) is 0 Å². The Labute approximate surface area is 405 Å². The molecule has 4 nitrogen and oxygen atoms in total. The number of anilines is 3. The Morgan fingerprint density at radius 2 is 1.07 bits per heavy atom. The minimum absolute atomic E-state index is 0.896. The highest BCUT2D eigenvalue weighted by Crippen LogP contribution is 2.43. The van der Waals surface area contributed by atoms with Crippen LogP contribution in [0, 0.1) is 0 Å². The highest BCUT2D eigenvalue weighted by molar-refractivity contribution is 7.32. The first-order valence-corrected chi connectivity index (χ1v) is 28.4. The zero-order valence-electron chi connectivity index (χ0n) is 37.4. The molecule has 0 saturated heterocycles. The quantitative estimate of drug-likeness (QED) is 0.0908. The number of benzene rings is 9. The molecule has 5 heterocycles. The van der Waals surface area contributed by atoms with Gasteiger partial charge in [0.05, 0.1) is 5.52 Å². The maximum atomic E-state index is 5.21. The lowest BCUT2D eigenvalue weighted by Crippen LogP contribution is -2.78. The molecule has 1 aliphatic heterocycles. The summed E-state index contributed by atoms with van der Waals surface area (Å²) in [7, 11) is -6.48. The molecule has 0 amide bonds. The number of hydrogen-bond donors (Lipinski definition) is 0. The van der Waals surface area contributed by atoms with Gasteiger partial charge in [-0.2, -0.15) is 0 Å². The van der Waals surface area contributed by atoms with Crippen LogP contribution in [0.4, 0.5) is 17.2 Å². The van der Waals surface area contributed by atoms with E-state index in [-0.39, 0.29) is 0 Å². The van der Waals surface area contributed by atoms with E-state index < -0.39 is 16.1 Å². The maximum absolute atomic E-state index is 5.21. The normalized spacial score (nSPS) is 13.3. The fourth-order valence-electron chi connectivity index (χ4n) is 12.0. The predicted octanol–water partition coefficient (Wildman–Crippen LogP) is 9.94. The molecule has 0 fully saturated rings. The lowest BCUT2D eigenvalue weighted by molar-refractivity contribution is 1.19. The van der Waals surface area contributed by atoms with Crippen LogP contribution in [0.1, 0.15) is 0 Å². The Balaban J connectivity index is 1.24. The minimum atomic E-state index is -3.35. The van der Waals surface area contributed by atoms with Gasteiger partial charge in [0.2, 0.25) is 0 Å². The number of rotatable bonds is 7. The number of aromatic nitrogens is 3. The lowest BCUT2D eigenvalue weighted by Gasteiger charge is -2.46. The summed E-state index contributed by atoms with van der Waals surface area (Å²) < 4.78 is 4.88. The highest BCUT2D eigenvalue weighted by atomic mass is 32.1. The van der Waals surface area contributed by atoms with Crippen molar-refractivity contribution >= 4 is 134 Å². The topological polar surface area (TPSA) is 33.4 Å². The highest BCUT2D eigenvalue weighted by Gasteiger charge is 2.53. The van der Waals surface area contributed by atoms with Gasteiger partial charge in [0.25, 0.3) is 0 Å². The molecule has 1 aliphatic rings. The van der Waals surface area contributed by atoms with Crippen LogP contribution in [0.15, 0.2) is 255 Å². The number of imidazole rings is 1. The molecule has 0 bridgehead atoms. The van der Waals surface area contributed by atoms with Gasteiger partial charge in [-0.3, -0.25) is 9.30 Å². The number of nitrogens with zero attached hydrogens (tertiary/aromatic N) is 4. The van der Waals surface area contributed by atoms with Gasteiger partial charge in [-0.05, 0) is 83.3 Å². The number of para-hydroxylation sites is 2. The minimum Gasteiger partial charge on any atom is -0.299 e. The molecule has 69 heavy (non-hydrogen) atoms. The van der Waals surface area contributed by atoms with E-state index in [1.165, 1.54) is 83.8 Å². The standard InChI is InChI=1S/C62H42N4SSi2/c1-5-21-43(22-6-1)68(44-23-7-2-8-24-44,47-36-37-48-49-29-13-15-31-52(49)65-40-39-64-62(65)51(48)41-47)57-42-54-61(60-59(57)50-30-14-17-33-55(50)67-60)69(45-25-9-3-10-26-45,46-27-11-4-12-28-46)56-34-18-16-32-53(56)66(54)58-35-19-20-38-63-58/h1-42H. The third-order valence-electron chi connectivity index (χ3n) is 14.7. The fraction of sp³-hybridized carbons (Fsp3) is 0. The molecule has 9 aromatic carbocycles. The van der Waals surface area contributed by atoms with Crippen molar-refractivity contribution in [2.24, 2.45) is 0 Å². The van der Waals surface area contributed by atoms with Crippen LogP contribution < -0.4 is 46.4 Å². The Morgan fingerprint density at radius 3 is 1.78 bits per heavy atom. The summed E-state index contributed by atoms with van der Waals surface area (Å²) in [6.45, 7) is 0. The van der Waals surface area contributed by atoms with Crippen molar-refractivity contribution in [2.75, 3.05) is 4.90 Å². The van der Waals surface area contributed by atoms with E-state index in [1.54, 1.807) is 0 Å². The number of pyridine rings is 2. The third kappa shape index (κ3) is 5.66. The molecule has 0 aliphatic carbocycles. The number of thiophene rings is 1. The van der Waals surface area contributed by atoms with Crippen LogP contribution in [0.5, 0.6) is 0 Å². The molecule has 0 spiro atoms. The average Bonchev–Trinajstić information content (AvgIpc) is 4.09. The van der Waals surface area contributed by atoms with Gasteiger partial charge in [-0.25, -0.2) is 9.97 Å². The second-order valence-electron chi connectivity index (χ2n) is 18.0. The van der Waals surface area contributed by atoms with Crippen LogP contribution in [0.2, 0.25) is 0 Å². The predicted molar refractivity (Wildman–Crippen MR) is 296 cm³/mol. The van der Waals surface area contributed by atoms with E-state index >= 15 is 0 Å². The maximum Gasteiger partial charge on any atom is 0.185 e. The second kappa shape index (κ2) is 15.7. The molecule has 0 saturated carbocycles. The SMILES string of the molecule is c1ccc([Si]2(c3ccccc3)c3ccccc3N(c3ccccn3)c3cc([Si](c4ccccc4)(c4ccccc4)c4ccc5c6ccccc6n6ccnc6c5c4)c4c(sc5ccccc54)c32)cc1. The van der Waals surface area contributed by atoms with Crippen molar-refractivity contribution < 1.29 is 0 Å². The van der Waals surface area contributed by atoms with E-state index in [2.05, 4.69) is 246 Å². The van der Waals surface area contributed by atoms with Gasteiger partial charge in [-0.1, -0.05) is 200 Å². The summed E-state index contributed by atoms with van der Waals surface area (Å²) in [6, 6.07) is 89.1. The summed E-state index contributed by atoms with van der Waals surface area (Å²) in [5, 5.41) is 17.0. The van der Waals surface area contributed by atoms with Gasteiger partial charge in [0.15, 0.2) is 16.1 Å². The smallest absolute Gasteiger partial charge is 0.185 e. The second-order valence-corrected chi connectivity index (χ2v) is 26.5. The lowest BCUT2D eigenvalue weighted by atomic mass is 10.1. The molecule has 0 unspecified atom stereocenters. The van der Waals surface area contributed by atoms with Gasteiger partial charge >= 0.3 is 0 Å². The Morgan fingerprint density at radius 1 is 0.449 bits per heavy atom. The number of hydrogen-bond acceptors (Lipinski definition) is 4. The van der Waals surface area contributed by atoms with E-state index in [0.717, 1.165) is 22.4 Å². The molecule has 13 aromatic rings. The number of fused-ring (bicyclic) bond motifs is 12. The molecule has 7 heteroatoms. The van der Waals surface area contributed by atoms with E-state index in [4.69, 9.17) is 9.97 Å². The molecule has 0 radical (unpaired) electrons. The van der Waals surface area contributed by atoms with Gasteiger partial charge in [-0.15, -0.1) is 11.3 Å². The van der Waals surface area contributed by atoms with Gasteiger partial charge in [0.1, 0.15) is 11.5 Å². The van der Waals surface area contributed by atoms with Crippen LogP contribution >= 0.6 is 11.3 Å². The summed E-state index contributed by atoms with van der Waals surface area (Å²) >= 11 is 1.96. The zero-order valence-corrected chi connectivity index (χ0v) is 40.3. The Bertz CT molecular complexity index is 4010. The van der Waals surface area contributed by atoms with Gasteiger partial charge in [0, 0.05) is 60.9 Å². The molecular weight excluding hydrogens is 889 g/mol. The van der Waals surface area contributed by atoms with Crippen LogP contribution in [0.3, 0.4) is 0 Å². The van der Waals surface area contributed by atoms with Gasteiger partial charge < -0.3 is 0 Å². The first-order chi connectivity index (χ1) is 34.3. The first-order valence-electron chi connectivity index (χ1n) is 23.6. The van der Waals surface area contributed by atoms with Crippen LogP contribution in [-0.4, -0.2) is 30.5 Å². The molecular formula is C62H42N4SSi2. The Hall–Kier alpha value is -8.21. The average molecular weight is 931 g/mol. The summed E-state index contributed by atoms with van der Waals surface area (Å²) in [5.41, 5.74) is 4.47. The fourth-order valence-corrected chi connectivity index (χ4v) is 24.0. The molecule has 14 rings (SSSR count). The van der Waals surface area contributed by atoms with Crippen LogP contribution in [0.25, 0.3) is 47.5 Å². The van der Waals surface area contributed by atoms with E-state index in [9.17, 15) is 0 Å². The molecule has 0 atom stereocenters. The van der Waals surface area contributed by atoms with E-state index in [0.29, 0.717) is 0 Å². The zero-order chi connectivity index (χ0) is 45.5. The summed E-state index contributed by atoms with van der Waals surface area (Å²) in [4.78, 5) is 12.8. The summed E-state index contributed by atoms with van der Waals surface area (Å²) in [6.07, 6.45) is 5.98. The largest absolute Gasteiger partial charge is 0.299 e. The van der Waals surface area contributed by atoms with Crippen molar-refractivity contribution in [3.05, 3.63) is 255 Å². The third-order valence-corrected chi connectivity index (χ3v) is 25.7. The van der Waals surface area contributed by atoms with Crippen molar-refractivity contribution in [2.45, 2.75) is 0 Å². The Kier molecular flexibility index (Phi) is 9.07. The summed E-state index contributed by atoms with van der Waals surface area (Å²) in [5.74, 6) is 0.896. The van der Waals surface area contributed by atoms with Crippen LogP contribution in [-0.2, 0) is 0 Å². The van der Waals surface area contributed by atoms with E-state index in [1.807, 2.05) is 29.8 Å². The van der Waals surface area contributed by atoms with Crippen molar-refractivity contribution in [1.82, 2.24) is 14.4 Å². The van der Waals surface area contributed by atoms with Crippen molar-refractivity contribution in [3.63, 3.8) is 0 Å². The molecule has 4 aromatic heterocycles. The first kappa shape index (κ1) is 39.9. The monoisotopic (exact) mass is 930 g/mol. The molecule has 0 N–H and O–H groups in total. The molecule has 324 valence electrons.